The van der Waals surface area contributed by atoms with Gasteiger partial charge in [0.25, 0.3) is 5.56 Å². The van der Waals surface area contributed by atoms with Crippen LogP contribution in [0.25, 0.3) is 16.8 Å². The van der Waals surface area contributed by atoms with Gasteiger partial charge in [-0.25, -0.2) is 9.50 Å². The number of fused-ring (bicyclic) bond motifs is 2. The molecule has 8 nitrogen and oxygen atoms in total. The lowest BCUT2D eigenvalue weighted by Crippen LogP contribution is -2.27. The van der Waals surface area contributed by atoms with Crippen LogP contribution < -0.4 is 5.56 Å². The van der Waals surface area contributed by atoms with Crippen LogP contribution in [0, 0.1) is 13.8 Å². The largest absolute Gasteiger partial charge is 0.332 e. The van der Waals surface area contributed by atoms with Crippen molar-refractivity contribution >= 4 is 11.6 Å². The number of nitrogens with zero attached hydrogens (tertiary/aromatic N) is 5. The van der Waals surface area contributed by atoms with Crippen LogP contribution in [0.4, 0.5) is 0 Å². The Bertz CT molecular complexity index is 1380. The Morgan fingerprint density at radius 3 is 2.66 bits per heavy atom. The number of aromatic nitrogens is 5. The van der Waals surface area contributed by atoms with E-state index in [2.05, 4.69) is 10.2 Å². The van der Waals surface area contributed by atoms with E-state index in [0.29, 0.717) is 42.8 Å². The molecule has 1 aliphatic rings. The van der Waals surface area contributed by atoms with E-state index in [-0.39, 0.29) is 11.5 Å². The van der Waals surface area contributed by atoms with Crippen molar-refractivity contribution in [3.05, 3.63) is 75.1 Å². The summed E-state index contributed by atoms with van der Waals surface area (Å²) in [5.74, 6) is 0.0270. The van der Waals surface area contributed by atoms with Crippen molar-refractivity contribution in [1.82, 2.24) is 29.3 Å². The quantitative estimate of drug-likeness (QED) is 0.527. The average molecular weight is 431 g/mol. The highest BCUT2D eigenvalue weighted by Gasteiger charge is 2.29. The molecule has 0 saturated carbocycles. The van der Waals surface area contributed by atoms with Gasteiger partial charge in [0.05, 0.1) is 30.0 Å². The summed E-state index contributed by atoms with van der Waals surface area (Å²) in [5, 5.41) is 7.61. The number of nitrogens with one attached hydrogen (secondary N) is 1. The molecule has 4 aromatic rings. The van der Waals surface area contributed by atoms with Crippen molar-refractivity contribution in [3.63, 3.8) is 0 Å². The third-order valence-electron chi connectivity index (χ3n) is 6.23. The van der Waals surface area contributed by atoms with Crippen molar-refractivity contribution in [2.75, 3.05) is 0 Å². The lowest BCUT2D eigenvalue weighted by atomic mass is 10.1. The number of benzene rings is 1. The maximum Gasteiger partial charge on any atom is 0.278 e. The number of aromatic amines is 1. The molecule has 0 aliphatic carbocycles. The first-order valence-electron chi connectivity index (χ1n) is 11.0. The second kappa shape index (κ2) is 7.78. The van der Waals surface area contributed by atoms with Crippen molar-refractivity contribution < 1.29 is 4.79 Å². The van der Waals surface area contributed by atoms with Gasteiger partial charge in [-0.05, 0) is 38.3 Å². The summed E-state index contributed by atoms with van der Waals surface area (Å²) in [5.41, 5.74) is 6.61. The minimum atomic E-state index is -0.134. The third-order valence-corrected chi connectivity index (χ3v) is 6.23. The number of aryl methyl sites for hydroxylation is 4. The molecule has 0 radical (unpaired) electrons. The molecule has 0 spiro atoms. The molecule has 0 bridgehead atoms. The van der Waals surface area contributed by atoms with Gasteiger partial charge in [-0.3, -0.25) is 19.4 Å². The van der Waals surface area contributed by atoms with Crippen LogP contribution in [0.3, 0.4) is 0 Å². The summed E-state index contributed by atoms with van der Waals surface area (Å²) in [6.07, 6.45) is 3.03. The molecule has 8 heteroatoms. The molecule has 164 valence electrons. The number of H-pyrrole nitrogens is 1. The van der Waals surface area contributed by atoms with E-state index in [1.165, 1.54) is 4.52 Å². The first kappa shape index (κ1) is 20.2. The first-order chi connectivity index (χ1) is 15.5. The third kappa shape index (κ3) is 3.32. The van der Waals surface area contributed by atoms with Gasteiger partial charge < -0.3 is 4.90 Å². The highest BCUT2D eigenvalue weighted by atomic mass is 16.2. The molecule has 1 aromatic carbocycles. The van der Waals surface area contributed by atoms with E-state index >= 15 is 0 Å². The standard InChI is InChI=1S/C24H26N6O2/c1-4-29-12-18(15(2)26-29)10-11-21(31)28-13-19-20(14-28)25-23-22(17-8-6-5-7-9-17)16(3)27-30(23)24(19)32/h5-9,12,27H,4,10-11,13-14H2,1-3H3. The molecule has 4 heterocycles. The summed E-state index contributed by atoms with van der Waals surface area (Å²) in [6.45, 7) is 7.43. The average Bonchev–Trinajstić information content (AvgIpc) is 3.48. The van der Waals surface area contributed by atoms with E-state index < -0.39 is 0 Å². The second-order valence-electron chi connectivity index (χ2n) is 8.32. The monoisotopic (exact) mass is 430 g/mol. The Labute approximate surface area is 185 Å². The normalized spacial score (nSPS) is 13.2. The number of hydrogen-bond donors (Lipinski definition) is 1. The zero-order valence-electron chi connectivity index (χ0n) is 18.6. The Hall–Kier alpha value is -3.68. The van der Waals surface area contributed by atoms with Crippen molar-refractivity contribution in [1.29, 1.82) is 0 Å². The van der Waals surface area contributed by atoms with Crippen LogP contribution in [0.15, 0.2) is 41.3 Å². The number of carbonyl (C=O) groups is 1. The fraction of sp³-hybridized carbons (Fsp3) is 0.333. The van der Waals surface area contributed by atoms with Crippen LogP contribution in [0.5, 0.6) is 0 Å². The topological polar surface area (TPSA) is 88.3 Å². The van der Waals surface area contributed by atoms with Gasteiger partial charge in [0.2, 0.25) is 5.91 Å². The molecular formula is C24H26N6O2. The van der Waals surface area contributed by atoms with E-state index in [0.717, 1.165) is 34.6 Å². The fourth-order valence-corrected chi connectivity index (χ4v) is 4.47. The van der Waals surface area contributed by atoms with E-state index in [9.17, 15) is 9.59 Å². The predicted octanol–water partition coefficient (Wildman–Crippen LogP) is 3.00. The van der Waals surface area contributed by atoms with Gasteiger partial charge in [0.1, 0.15) is 0 Å². The lowest BCUT2D eigenvalue weighted by molar-refractivity contribution is -0.131. The molecular weight excluding hydrogens is 404 g/mol. The van der Waals surface area contributed by atoms with Gasteiger partial charge in [-0.15, -0.1) is 0 Å². The molecule has 1 aliphatic heterocycles. The van der Waals surface area contributed by atoms with Crippen molar-refractivity contribution in [3.8, 4) is 11.1 Å². The molecule has 1 amide bonds. The summed E-state index contributed by atoms with van der Waals surface area (Å²) in [6, 6.07) is 9.91. The van der Waals surface area contributed by atoms with Gasteiger partial charge in [0, 0.05) is 30.4 Å². The second-order valence-corrected chi connectivity index (χ2v) is 8.32. The Morgan fingerprint density at radius 1 is 1.16 bits per heavy atom. The number of rotatable bonds is 5. The molecule has 5 rings (SSSR count). The number of amides is 1. The van der Waals surface area contributed by atoms with Crippen molar-refractivity contribution in [2.24, 2.45) is 0 Å². The van der Waals surface area contributed by atoms with Crippen LogP contribution in [0.1, 0.15) is 41.6 Å². The maximum absolute atomic E-state index is 13.2. The zero-order valence-corrected chi connectivity index (χ0v) is 18.6. The minimum absolute atomic E-state index is 0.0270. The molecule has 0 saturated heterocycles. The predicted molar refractivity (Wildman–Crippen MR) is 121 cm³/mol. The molecule has 3 aromatic heterocycles. The van der Waals surface area contributed by atoms with Crippen LogP contribution >= 0.6 is 0 Å². The van der Waals surface area contributed by atoms with E-state index in [1.807, 2.05) is 62.0 Å². The zero-order chi connectivity index (χ0) is 22.4. The van der Waals surface area contributed by atoms with Crippen LogP contribution in [-0.4, -0.2) is 35.2 Å². The van der Waals surface area contributed by atoms with Gasteiger partial charge in [0.15, 0.2) is 5.65 Å². The highest BCUT2D eigenvalue weighted by molar-refractivity contribution is 5.80. The summed E-state index contributed by atoms with van der Waals surface area (Å²) >= 11 is 0. The minimum Gasteiger partial charge on any atom is -0.332 e. The number of hydrogen-bond acceptors (Lipinski definition) is 4. The SMILES string of the molecule is CCn1cc(CCC(=O)N2Cc3nc4c(-c5ccccc5)c(C)[nH]n4c(=O)c3C2)c(C)n1. The summed E-state index contributed by atoms with van der Waals surface area (Å²) in [4.78, 5) is 32.6. The van der Waals surface area contributed by atoms with E-state index in [1.54, 1.807) is 4.90 Å². The summed E-state index contributed by atoms with van der Waals surface area (Å²) < 4.78 is 3.40. The molecule has 1 N–H and O–H groups in total. The molecule has 0 fully saturated rings. The molecule has 32 heavy (non-hydrogen) atoms. The first-order valence-corrected chi connectivity index (χ1v) is 11.0. The smallest absolute Gasteiger partial charge is 0.278 e. The van der Waals surface area contributed by atoms with Crippen molar-refractivity contribution in [2.45, 2.75) is 53.2 Å². The van der Waals surface area contributed by atoms with Gasteiger partial charge in [-0.1, -0.05) is 30.3 Å². The Morgan fingerprint density at radius 2 is 1.94 bits per heavy atom. The molecule has 0 unspecified atom stereocenters. The Kier molecular flexibility index (Phi) is 4.92. The fourth-order valence-electron chi connectivity index (χ4n) is 4.47. The highest BCUT2D eigenvalue weighted by Crippen LogP contribution is 2.28. The summed E-state index contributed by atoms with van der Waals surface area (Å²) in [7, 11) is 0. The Balaban J connectivity index is 1.40. The lowest BCUT2D eigenvalue weighted by Gasteiger charge is -2.14. The van der Waals surface area contributed by atoms with Gasteiger partial charge >= 0.3 is 0 Å². The van der Waals surface area contributed by atoms with E-state index in [4.69, 9.17) is 4.98 Å². The van der Waals surface area contributed by atoms with Crippen LogP contribution in [-0.2, 0) is 30.8 Å². The number of carbonyl (C=O) groups excluding carboxylic acids is 1. The maximum atomic E-state index is 13.2. The van der Waals surface area contributed by atoms with Crippen LogP contribution in [0.2, 0.25) is 0 Å². The van der Waals surface area contributed by atoms with Gasteiger partial charge in [-0.2, -0.15) is 5.10 Å². The molecule has 0 atom stereocenters.